The molecule has 0 aromatic carbocycles. The van der Waals surface area contributed by atoms with Gasteiger partial charge >= 0.3 is 0 Å². The summed E-state index contributed by atoms with van der Waals surface area (Å²) in [6, 6.07) is 0. The highest BCUT2D eigenvalue weighted by Crippen LogP contribution is 2.23. The molecule has 0 saturated carbocycles. The predicted octanol–water partition coefficient (Wildman–Crippen LogP) is 1.02. The van der Waals surface area contributed by atoms with Crippen molar-refractivity contribution in [2.45, 2.75) is 33.2 Å². The molecule has 1 atom stereocenters. The van der Waals surface area contributed by atoms with Crippen molar-refractivity contribution in [2.24, 2.45) is 11.7 Å². The van der Waals surface area contributed by atoms with E-state index in [1.807, 2.05) is 0 Å². The van der Waals surface area contributed by atoms with Gasteiger partial charge < -0.3 is 10.3 Å². The summed E-state index contributed by atoms with van der Waals surface area (Å²) in [4.78, 5) is 4.48. The second-order valence-electron chi connectivity index (χ2n) is 3.94. The molecule has 0 fully saturated rings. The van der Waals surface area contributed by atoms with E-state index in [9.17, 15) is 0 Å². The van der Waals surface area contributed by atoms with Gasteiger partial charge in [0.05, 0.1) is 5.69 Å². The Morgan fingerprint density at radius 1 is 1.54 bits per heavy atom. The van der Waals surface area contributed by atoms with Gasteiger partial charge in [-0.1, -0.05) is 0 Å². The quantitative estimate of drug-likeness (QED) is 0.699. The van der Waals surface area contributed by atoms with Crippen LogP contribution in [0.25, 0.3) is 0 Å². The first-order valence-electron chi connectivity index (χ1n) is 4.95. The van der Waals surface area contributed by atoms with Crippen molar-refractivity contribution >= 4 is 0 Å². The first-order valence-corrected chi connectivity index (χ1v) is 4.95. The van der Waals surface area contributed by atoms with Gasteiger partial charge in [-0.25, -0.2) is 4.98 Å². The van der Waals surface area contributed by atoms with Crippen molar-refractivity contribution in [2.75, 3.05) is 6.54 Å². The van der Waals surface area contributed by atoms with Crippen molar-refractivity contribution in [3.05, 3.63) is 17.2 Å². The lowest BCUT2D eigenvalue weighted by atomic mass is 9.97. The van der Waals surface area contributed by atoms with Crippen molar-refractivity contribution < 1.29 is 0 Å². The number of aryl methyl sites for hydroxylation is 2. The fraction of sp³-hybridized carbons (Fsp3) is 0.700. The average Bonchev–Trinajstić information content (AvgIpc) is 2.42. The van der Waals surface area contributed by atoms with E-state index >= 15 is 0 Å². The molecule has 2 heterocycles. The van der Waals surface area contributed by atoms with Gasteiger partial charge in [0.15, 0.2) is 0 Å². The monoisotopic (exact) mass is 179 g/mol. The third-order valence-corrected chi connectivity index (χ3v) is 3.03. The first kappa shape index (κ1) is 8.75. The molecule has 2 rings (SSSR count). The van der Waals surface area contributed by atoms with Crippen LogP contribution < -0.4 is 5.73 Å². The Morgan fingerprint density at radius 3 is 3.00 bits per heavy atom. The Kier molecular flexibility index (Phi) is 2.12. The third-order valence-electron chi connectivity index (χ3n) is 3.03. The SMILES string of the molecule is Cc1nc(C)n2c1CCC(CN)C2. The van der Waals surface area contributed by atoms with Crippen molar-refractivity contribution in [3.63, 3.8) is 0 Å². The second-order valence-corrected chi connectivity index (χ2v) is 3.94. The Morgan fingerprint density at radius 2 is 2.31 bits per heavy atom. The summed E-state index contributed by atoms with van der Waals surface area (Å²) in [5.74, 6) is 1.80. The molecule has 3 heteroatoms. The lowest BCUT2D eigenvalue weighted by molar-refractivity contribution is 0.373. The zero-order valence-electron chi connectivity index (χ0n) is 8.38. The normalized spacial score (nSPS) is 21.6. The smallest absolute Gasteiger partial charge is 0.106 e. The zero-order chi connectivity index (χ0) is 9.42. The molecule has 0 aliphatic carbocycles. The van der Waals surface area contributed by atoms with Crippen LogP contribution in [0.1, 0.15) is 23.6 Å². The maximum absolute atomic E-state index is 5.68. The van der Waals surface area contributed by atoms with Gasteiger partial charge in [0.1, 0.15) is 5.82 Å². The van der Waals surface area contributed by atoms with Gasteiger partial charge in [-0.05, 0) is 39.2 Å². The van der Waals surface area contributed by atoms with E-state index in [4.69, 9.17) is 5.73 Å². The summed E-state index contributed by atoms with van der Waals surface area (Å²) in [7, 11) is 0. The number of hydrogen-bond donors (Lipinski definition) is 1. The number of nitrogens with zero attached hydrogens (tertiary/aromatic N) is 2. The van der Waals surface area contributed by atoms with Crippen LogP contribution in [0.15, 0.2) is 0 Å². The Hall–Kier alpha value is -0.830. The molecule has 0 amide bonds. The fourth-order valence-electron chi connectivity index (χ4n) is 2.20. The minimum Gasteiger partial charge on any atom is -0.332 e. The summed E-state index contributed by atoms with van der Waals surface area (Å²) < 4.78 is 2.33. The number of fused-ring (bicyclic) bond motifs is 1. The largest absolute Gasteiger partial charge is 0.332 e. The molecule has 1 aromatic rings. The van der Waals surface area contributed by atoms with Crippen molar-refractivity contribution in [1.29, 1.82) is 0 Å². The van der Waals surface area contributed by atoms with E-state index in [-0.39, 0.29) is 0 Å². The molecular formula is C10H17N3. The van der Waals surface area contributed by atoms with Gasteiger partial charge in [0.2, 0.25) is 0 Å². The molecule has 13 heavy (non-hydrogen) atoms. The van der Waals surface area contributed by atoms with Gasteiger partial charge in [-0.3, -0.25) is 0 Å². The van der Waals surface area contributed by atoms with E-state index in [2.05, 4.69) is 23.4 Å². The van der Waals surface area contributed by atoms with E-state index < -0.39 is 0 Å². The number of rotatable bonds is 1. The molecule has 0 saturated heterocycles. The Labute approximate surface area is 79.0 Å². The summed E-state index contributed by atoms with van der Waals surface area (Å²) in [6.45, 7) is 6.05. The highest BCUT2D eigenvalue weighted by Gasteiger charge is 2.20. The molecule has 1 aliphatic rings. The molecule has 72 valence electrons. The molecule has 1 aromatic heterocycles. The van der Waals surface area contributed by atoms with Crippen molar-refractivity contribution in [1.82, 2.24) is 9.55 Å². The predicted molar refractivity (Wildman–Crippen MR) is 52.6 cm³/mol. The molecule has 0 spiro atoms. The second kappa shape index (κ2) is 3.14. The molecule has 0 radical (unpaired) electrons. The van der Waals surface area contributed by atoms with Gasteiger partial charge in [-0.15, -0.1) is 0 Å². The first-order chi connectivity index (χ1) is 6.22. The van der Waals surface area contributed by atoms with Crippen LogP contribution >= 0.6 is 0 Å². The van der Waals surface area contributed by atoms with Crippen LogP contribution in [0, 0.1) is 19.8 Å². The number of nitrogens with two attached hydrogens (primary N) is 1. The van der Waals surface area contributed by atoms with E-state index in [1.54, 1.807) is 0 Å². The fourth-order valence-corrected chi connectivity index (χ4v) is 2.20. The molecule has 2 N–H and O–H groups in total. The molecule has 1 unspecified atom stereocenters. The number of aromatic nitrogens is 2. The van der Waals surface area contributed by atoms with Crippen LogP contribution in [-0.2, 0) is 13.0 Å². The van der Waals surface area contributed by atoms with Crippen molar-refractivity contribution in [3.8, 4) is 0 Å². The standard InChI is InChI=1S/C10H17N3/c1-7-10-4-3-9(5-11)6-13(10)8(2)12-7/h9H,3-6,11H2,1-2H3. The maximum Gasteiger partial charge on any atom is 0.106 e. The summed E-state index contributed by atoms with van der Waals surface area (Å²) >= 11 is 0. The summed E-state index contributed by atoms with van der Waals surface area (Å²) in [5.41, 5.74) is 8.30. The summed E-state index contributed by atoms with van der Waals surface area (Å²) in [6.07, 6.45) is 2.37. The average molecular weight is 179 g/mol. The topological polar surface area (TPSA) is 43.8 Å². The summed E-state index contributed by atoms with van der Waals surface area (Å²) in [5, 5.41) is 0. The zero-order valence-corrected chi connectivity index (χ0v) is 8.38. The van der Waals surface area contributed by atoms with Crippen LogP contribution in [0.2, 0.25) is 0 Å². The Bertz CT molecular complexity index is 314. The number of imidazole rings is 1. The van der Waals surface area contributed by atoms with E-state index in [0.717, 1.165) is 25.3 Å². The van der Waals surface area contributed by atoms with E-state index in [1.165, 1.54) is 17.8 Å². The minimum atomic E-state index is 0.653. The maximum atomic E-state index is 5.68. The molecule has 0 bridgehead atoms. The molecular weight excluding hydrogens is 162 g/mol. The van der Waals surface area contributed by atoms with Gasteiger partial charge in [0.25, 0.3) is 0 Å². The van der Waals surface area contributed by atoms with Gasteiger partial charge in [0, 0.05) is 12.2 Å². The third kappa shape index (κ3) is 1.37. The van der Waals surface area contributed by atoms with Crippen LogP contribution in [0.5, 0.6) is 0 Å². The minimum absolute atomic E-state index is 0.653. The van der Waals surface area contributed by atoms with Crippen LogP contribution in [0.3, 0.4) is 0 Å². The van der Waals surface area contributed by atoms with E-state index in [0.29, 0.717) is 5.92 Å². The lowest BCUT2D eigenvalue weighted by Gasteiger charge is -2.24. The van der Waals surface area contributed by atoms with Crippen LogP contribution in [-0.4, -0.2) is 16.1 Å². The molecule has 3 nitrogen and oxygen atoms in total. The highest BCUT2D eigenvalue weighted by atomic mass is 15.1. The van der Waals surface area contributed by atoms with Gasteiger partial charge in [-0.2, -0.15) is 0 Å². The highest BCUT2D eigenvalue weighted by molar-refractivity contribution is 5.17. The molecule has 1 aliphatic heterocycles. The lowest BCUT2D eigenvalue weighted by Crippen LogP contribution is -2.26. The number of hydrogen-bond acceptors (Lipinski definition) is 2. The van der Waals surface area contributed by atoms with Crippen LogP contribution in [0.4, 0.5) is 0 Å². The Balaban J connectivity index is 2.33.